The number of piperidine rings is 1. The van der Waals surface area contributed by atoms with E-state index in [0.29, 0.717) is 32.7 Å². The fourth-order valence-corrected chi connectivity index (χ4v) is 5.83. The van der Waals surface area contributed by atoms with Gasteiger partial charge < -0.3 is 14.4 Å². The predicted octanol–water partition coefficient (Wildman–Crippen LogP) is 1.51. The Labute approximate surface area is 153 Å². The zero-order valence-corrected chi connectivity index (χ0v) is 15.7. The highest BCUT2D eigenvalue weighted by atomic mass is 32.2. The number of benzene rings is 1. The summed E-state index contributed by atoms with van der Waals surface area (Å²) in [6.45, 7) is 3.63. The molecular weight excluding hydrogens is 356 g/mol. The van der Waals surface area contributed by atoms with E-state index in [-0.39, 0.29) is 16.8 Å². The van der Waals surface area contributed by atoms with E-state index in [1.54, 1.807) is 27.4 Å². The number of amides is 1. The number of rotatable bonds is 3. The number of ether oxygens (including phenoxy) is 2. The Morgan fingerprint density at radius 2 is 1.92 bits per heavy atom. The highest BCUT2D eigenvalue weighted by Crippen LogP contribution is 2.34. The van der Waals surface area contributed by atoms with Gasteiger partial charge in [0.05, 0.1) is 24.2 Å². The van der Waals surface area contributed by atoms with Crippen molar-refractivity contribution in [2.75, 3.05) is 31.2 Å². The molecule has 142 valence electrons. The molecule has 0 aromatic heterocycles. The molecule has 0 N–H and O–H groups in total. The lowest BCUT2D eigenvalue weighted by Gasteiger charge is -2.36. The van der Waals surface area contributed by atoms with Gasteiger partial charge in [-0.2, -0.15) is 4.31 Å². The van der Waals surface area contributed by atoms with Crippen LogP contribution in [0.5, 0.6) is 0 Å². The van der Waals surface area contributed by atoms with Crippen LogP contribution in [0.25, 0.3) is 0 Å². The van der Waals surface area contributed by atoms with Crippen molar-refractivity contribution < 1.29 is 22.7 Å². The van der Waals surface area contributed by atoms with E-state index in [0.717, 1.165) is 30.5 Å². The van der Waals surface area contributed by atoms with Crippen LogP contribution < -0.4 is 4.90 Å². The van der Waals surface area contributed by atoms with Gasteiger partial charge in [-0.1, -0.05) is 6.42 Å². The summed E-state index contributed by atoms with van der Waals surface area (Å²) < 4.78 is 39.3. The molecule has 26 heavy (non-hydrogen) atoms. The fraction of sp³-hybridized carbons (Fsp3) is 0.611. The Bertz CT molecular complexity index is 804. The summed E-state index contributed by atoms with van der Waals surface area (Å²) in [5.41, 5.74) is 1.72. The van der Waals surface area contributed by atoms with Crippen molar-refractivity contribution in [2.45, 2.75) is 49.8 Å². The van der Waals surface area contributed by atoms with Gasteiger partial charge in [-0.15, -0.1) is 0 Å². The van der Waals surface area contributed by atoms with E-state index in [1.807, 2.05) is 0 Å². The van der Waals surface area contributed by atoms with Crippen molar-refractivity contribution in [1.29, 1.82) is 0 Å². The summed E-state index contributed by atoms with van der Waals surface area (Å²) in [6.07, 6.45) is 2.75. The topological polar surface area (TPSA) is 76.2 Å². The van der Waals surface area contributed by atoms with Gasteiger partial charge in [-0.25, -0.2) is 8.42 Å². The minimum absolute atomic E-state index is 0.0222. The van der Waals surface area contributed by atoms with Gasteiger partial charge in [0.1, 0.15) is 0 Å². The van der Waals surface area contributed by atoms with E-state index in [1.165, 1.54) is 6.92 Å². The van der Waals surface area contributed by atoms with E-state index < -0.39 is 16.3 Å². The van der Waals surface area contributed by atoms with Crippen LogP contribution in [0.15, 0.2) is 23.1 Å². The lowest BCUT2D eigenvalue weighted by atomic mass is 10.0. The molecule has 1 unspecified atom stereocenters. The van der Waals surface area contributed by atoms with Gasteiger partial charge in [-0.3, -0.25) is 4.79 Å². The molecule has 3 aliphatic heterocycles. The lowest BCUT2D eigenvalue weighted by Crippen LogP contribution is -2.50. The molecule has 0 radical (unpaired) electrons. The van der Waals surface area contributed by atoms with Gasteiger partial charge in [0, 0.05) is 25.7 Å². The Balaban J connectivity index is 1.64. The third-order valence-electron chi connectivity index (χ3n) is 5.39. The highest BCUT2D eigenvalue weighted by molar-refractivity contribution is 7.89. The Morgan fingerprint density at radius 1 is 1.15 bits per heavy atom. The predicted molar refractivity (Wildman–Crippen MR) is 95.4 cm³/mol. The molecular formula is C18H24N2O5S. The molecule has 3 aliphatic rings. The molecule has 0 spiro atoms. The maximum atomic E-state index is 13.3. The van der Waals surface area contributed by atoms with Crippen molar-refractivity contribution in [1.82, 2.24) is 4.31 Å². The van der Waals surface area contributed by atoms with Gasteiger partial charge in [0.15, 0.2) is 6.29 Å². The second-order valence-electron chi connectivity index (χ2n) is 7.00. The van der Waals surface area contributed by atoms with Crippen LogP contribution in [0.1, 0.15) is 31.7 Å². The second kappa shape index (κ2) is 6.92. The molecule has 2 fully saturated rings. The van der Waals surface area contributed by atoms with Crippen LogP contribution in [-0.4, -0.2) is 57.3 Å². The molecule has 0 saturated carbocycles. The fourth-order valence-electron chi connectivity index (χ4n) is 4.10. The molecule has 0 aliphatic carbocycles. The smallest absolute Gasteiger partial charge is 0.243 e. The molecule has 1 aromatic rings. The Hall–Kier alpha value is -1.48. The van der Waals surface area contributed by atoms with E-state index in [4.69, 9.17) is 9.47 Å². The molecule has 8 heteroatoms. The monoisotopic (exact) mass is 380 g/mol. The zero-order valence-electron chi connectivity index (χ0n) is 14.9. The number of hydrogen-bond acceptors (Lipinski definition) is 5. The van der Waals surface area contributed by atoms with Crippen LogP contribution in [0.2, 0.25) is 0 Å². The summed E-state index contributed by atoms with van der Waals surface area (Å²) in [7, 11) is -3.64. The molecule has 4 rings (SSSR count). The van der Waals surface area contributed by atoms with Crippen molar-refractivity contribution in [3.8, 4) is 0 Å². The molecule has 7 nitrogen and oxygen atoms in total. The van der Waals surface area contributed by atoms with Crippen molar-refractivity contribution >= 4 is 21.6 Å². The maximum absolute atomic E-state index is 13.3. The lowest BCUT2D eigenvalue weighted by molar-refractivity contribution is -0.116. The summed E-state index contributed by atoms with van der Waals surface area (Å²) >= 11 is 0. The number of nitrogens with zero attached hydrogens (tertiary/aromatic N) is 2. The highest BCUT2D eigenvalue weighted by Gasteiger charge is 2.40. The third-order valence-corrected chi connectivity index (χ3v) is 7.31. The van der Waals surface area contributed by atoms with Crippen LogP contribution in [0.3, 0.4) is 0 Å². The van der Waals surface area contributed by atoms with Crippen molar-refractivity contribution in [3.63, 3.8) is 0 Å². The van der Waals surface area contributed by atoms with Gasteiger partial charge in [0.25, 0.3) is 0 Å². The average molecular weight is 380 g/mol. The molecule has 3 heterocycles. The summed E-state index contributed by atoms with van der Waals surface area (Å²) in [4.78, 5) is 13.7. The summed E-state index contributed by atoms with van der Waals surface area (Å²) in [5, 5.41) is 0. The number of fused-ring (bicyclic) bond motifs is 1. The maximum Gasteiger partial charge on any atom is 0.243 e. The first-order valence-corrected chi connectivity index (χ1v) is 10.6. The first-order chi connectivity index (χ1) is 12.5. The average Bonchev–Trinajstić information content (AvgIpc) is 3.30. The molecule has 2 saturated heterocycles. The summed E-state index contributed by atoms with van der Waals surface area (Å²) in [6, 6.07) is 4.80. The van der Waals surface area contributed by atoms with E-state index in [9.17, 15) is 13.2 Å². The number of hydrogen-bond donors (Lipinski definition) is 0. The number of anilines is 1. The van der Waals surface area contributed by atoms with E-state index in [2.05, 4.69) is 0 Å². The molecule has 1 atom stereocenters. The first kappa shape index (κ1) is 17.9. The van der Waals surface area contributed by atoms with Crippen molar-refractivity contribution in [2.24, 2.45) is 0 Å². The molecule has 1 amide bonds. The van der Waals surface area contributed by atoms with Crippen molar-refractivity contribution in [3.05, 3.63) is 23.8 Å². The van der Waals surface area contributed by atoms with Crippen LogP contribution >= 0.6 is 0 Å². The second-order valence-corrected chi connectivity index (χ2v) is 8.89. The van der Waals surface area contributed by atoms with Crippen LogP contribution in [0.4, 0.5) is 5.69 Å². The van der Waals surface area contributed by atoms with Crippen LogP contribution in [-0.2, 0) is 30.7 Å². The third kappa shape index (κ3) is 3.05. The summed E-state index contributed by atoms with van der Waals surface area (Å²) in [5.74, 6) is -0.0222. The quantitative estimate of drug-likeness (QED) is 0.795. The SMILES string of the molecule is CC(=O)N1CCc2cc(S(=O)(=O)N3CCCCC3C3OCCO3)ccc21. The van der Waals surface area contributed by atoms with Gasteiger partial charge >= 0.3 is 0 Å². The normalized spacial score (nSPS) is 24.8. The zero-order chi connectivity index (χ0) is 18.3. The number of sulfonamides is 1. The minimum Gasteiger partial charge on any atom is -0.349 e. The number of carbonyl (C=O) groups excluding carboxylic acids is 1. The largest absolute Gasteiger partial charge is 0.349 e. The standard InChI is InChI=1S/C18H24N2O5S/c1-13(21)19-9-7-14-12-15(5-6-16(14)19)26(22,23)20-8-3-2-4-17(20)18-24-10-11-25-18/h5-6,12,17-18H,2-4,7-11H2,1H3. The Morgan fingerprint density at radius 3 is 2.65 bits per heavy atom. The van der Waals surface area contributed by atoms with Gasteiger partial charge in [-0.05, 0) is 43.0 Å². The molecule has 1 aromatic carbocycles. The first-order valence-electron chi connectivity index (χ1n) is 9.14. The van der Waals surface area contributed by atoms with Crippen LogP contribution in [0, 0.1) is 0 Å². The Kier molecular flexibility index (Phi) is 4.77. The minimum atomic E-state index is -3.64. The van der Waals surface area contributed by atoms with E-state index >= 15 is 0 Å². The molecule has 0 bridgehead atoms. The number of carbonyl (C=O) groups is 1. The van der Waals surface area contributed by atoms with Gasteiger partial charge in [0.2, 0.25) is 15.9 Å².